The van der Waals surface area contributed by atoms with E-state index in [0.29, 0.717) is 6.54 Å². The van der Waals surface area contributed by atoms with Crippen molar-refractivity contribution in [2.45, 2.75) is 53.0 Å². The first-order valence-corrected chi connectivity index (χ1v) is 9.37. The van der Waals surface area contributed by atoms with Gasteiger partial charge in [-0.2, -0.15) is 0 Å². The Labute approximate surface area is 170 Å². The molecule has 2 aromatic rings. The van der Waals surface area contributed by atoms with Gasteiger partial charge in [0.25, 0.3) is 0 Å². The van der Waals surface area contributed by atoms with Gasteiger partial charge in [0.2, 0.25) is 0 Å². The first kappa shape index (κ1) is 21.9. The molecular formula is C17H28IN5OS. The molecule has 2 aromatic heterocycles. The minimum atomic E-state index is 0. The highest BCUT2D eigenvalue weighted by Gasteiger charge is 2.13. The molecule has 0 aliphatic carbocycles. The van der Waals surface area contributed by atoms with Crippen molar-refractivity contribution in [2.24, 2.45) is 4.99 Å². The number of nitrogens with one attached hydrogen (secondary N) is 2. The van der Waals surface area contributed by atoms with Crippen molar-refractivity contribution < 1.29 is 4.52 Å². The smallest absolute Gasteiger partial charge is 0.191 e. The lowest BCUT2D eigenvalue weighted by Crippen LogP contribution is -2.38. The fourth-order valence-corrected chi connectivity index (χ4v) is 3.31. The second-order valence-corrected chi connectivity index (χ2v) is 6.61. The highest BCUT2D eigenvalue weighted by molar-refractivity contribution is 14.0. The van der Waals surface area contributed by atoms with Crippen LogP contribution in [-0.4, -0.2) is 29.7 Å². The number of thiazole rings is 1. The second kappa shape index (κ2) is 11.5. The molecule has 0 fully saturated rings. The summed E-state index contributed by atoms with van der Waals surface area (Å²) in [6, 6.07) is 0. The van der Waals surface area contributed by atoms with Gasteiger partial charge in [-0.1, -0.05) is 25.9 Å². The van der Waals surface area contributed by atoms with Crippen LogP contribution in [0.15, 0.2) is 15.7 Å². The van der Waals surface area contributed by atoms with Crippen LogP contribution in [0.4, 0.5) is 0 Å². The van der Waals surface area contributed by atoms with Gasteiger partial charge in [0.15, 0.2) is 5.96 Å². The molecule has 0 saturated carbocycles. The van der Waals surface area contributed by atoms with E-state index in [1.54, 1.807) is 18.4 Å². The third-order valence-electron chi connectivity index (χ3n) is 3.84. The zero-order valence-electron chi connectivity index (χ0n) is 15.4. The van der Waals surface area contributed by atoms with Gasteiger partial charge in [-0.25, -0.2) is 4.98 Å². The van der Waals surface area contributed by atoms with Crippen molar-refractivity contribution in [3.63, 3.8) is 0 Å². The SMILES string of the molecule is CCc1cnc(CCNC(=NC)NCc2c(CC)noc2CC)s1.I. The van der Waals surface area contributed by atoms with E-state index in [2.05, 4.69) is 46.5 Å². The van der Waals surface area contributed by atoms with Crippen molar-refractivity contribution in [3.8, 4) is 0 Å². The molecule has 8 heteroatoms. The third kappa shape index (κ3) is 6.25. The number of aliphatic imine (C=N–C) groups is 1. The molecule has 0 unspecified atom stereocenters. The molecule has 6 nitrogen and oxygen atoms in total. The van der Waals surface area contributed by atoms with Gasteiger partial charge >= 0.3 is 0 Å². The summed E-state index contributed by atoms with van der Waals surface area (Å²) in [4.78, 5) is 10.0. The molecular weight excluding hydrogens is 449 g/mol. The predicted octanol–water partition coefficient (Wildman–Crippen LogP) is 3.34. The lowest BCUT2D eigenvalue weighted by atomic mass is 10.1. The lowest BCUT2D eigenvalue weighted by molar-refractivity contribution is 0.380. The van der Waals surface area contributed by atoms with E-state index < -0.39 is 0 Å². The first-order chi connectivity index (χ1) is 11.7. The normalized spacial score (nSPS) is 11.3. The molecule has 140 valence electrons. The van der Waals surface area contributed by atoms with Crippen molar-refractivity contribution >= 4 is 41.3 Å². The fraction of sp³-hybridized carbons (Fsp3) is 0.588. The summed E-state index contributed by atoms with van der Waals surface area (Å²) >= 11 is 1.78. The number of aromatic nitrogens is 2. The van der Waals surface area contributed by atoms with Gasteiger partial charge in [-0.05, 0) is 12.8 Å². The summed E-state index contributed by atoms with van der Waals surface area (Å²) in [5, 5.41) is 12.0. The first-order valence-electron chi connectivity index (χ1n) is 8.56. The van der Waals surface area contributed by atoms with E-state index in [4.69, 9.17) is 4.52 Å². The molecule has 0 radical (unpaired) electrons. The maximum Gasteiger partial charge on any atom is 0.191 e. The molecule has 0 aliphatic heterocycles. The van der Waals surface area contributed by atoms with Gasteiger partial charge < -0.3 is 15.2 Å². The van der Waals surface area contributed by atoms with Crippen LogP contribution in [0.3, 0.4) is 0 Å². The molecule has 0 saturated heterocycles. The molecule has 0 spiro atoms. The quantitative estimate of drug-likeness (QED) is 0.347. The van der Waals surface area contributed by atoms with Crippen molar-refractivity contribution in [3.05, 3.63) is 33.1 Å². The van der Waals surface area contributed by atoms with Crippen molar-refractivity contribution in [2.75, 3.05) is 13.6 Å². The Balaban J connectivity index is 0.00000312. The maximum absolute atomic E-state index is 5.40. The second-order valence-electron chi connectivity index (χ2n) is 5.41. The van der Waals surface area contributed by atoms with Gasteiger partial charge in [-0.3, -0.25) is 4.99 Å². The highest BCUT2D eigenvalue weighted by atomic mass is 127. The van der Waals surface area contributed by atoms with E-state index in [9.17, 15) is 0 Å². The maximum atomic E-state index is 5.40. The molecule has 0 aromatic carbocycles. The Hall–Kier alpha value is -1.16. The average molecular weight is 477 g/mol. The van der Waals surface area contributed by atoms with E-state index in [0.717, 1.165) is 60.2 Å². The van der Waals surface area contributed by atoms with Crippen LogP contribution in [0.5, 0.6) is 0 Å². The van der Waals surface area contributed by atoms with Gasteiger partial charge in [-0.15, -0.1) is 35.3 Å². The van der Waals surface area contributed by atoms with Crippen molar-refractivity contribution in [1.82, 2.24) is 20.8 Å². The van der Waals surface area contributed by atoms with E-state index in [-0.39, 0.29) is 24.0 Å². The van der Waals surface area contributed by atoms with Gasteiger partial charge in [0.05, 0.1) is 10.7 Å². The zero-order chi connectivity index (χ0) is 17.4. The van der Waals surface area contributed by atoms with E-state index >= 15 is 0 Å². The summed E-state index contributed by atoms with van der Waals surface area (Å²) in [5.74, 6) is 1.73. The number of hydrogen-bond donors (Lipinski definition) is 2. The summed E-state index contributed by atoms with van der Waals surface area (Å²) in [6.07, 6.45) is 5.64. The Morgan fingerprint density at radius 2 is 2.00 bits per heavy atom. The lowest BCUT2D eigenvalue weighted by Gasteiger charge is -2.11. The molecule has 0 atom stereocenters. The van der Waals surface area contributed by atoms with E-state index in [1.165, 1.54) is 4.88 Å². The zero-order valence-corrected chi connectivity index (χ0v) is 18.5. The Kier molecular flexibility index (Phi) is 10.0. The van der Waals surface area contributed by atoms with Crippen LogP contribution in [0, 0.1) is 0 Å². The minimum Gasteiger partial charge on any atom is -0.361 e. The number of nitrogens with zero attached hydrogens (tertiary/aromatic N) is 3. The van der Waals surface area contributed by atoms with Crippen molar-refractivity contribution in [1.29, 1.82) is 0 Å². The Morgan fingerprint density at radius 3 is 2.60 bits per heavy atom. The monoisotopic (exact) mass is 477 g/mol. The number of guanidine groups is 1. The number of halogens is 1. The molecule has 25 heavy (non-hydrogen) atoms. The molecule has 2 rings (SSSR count). The van der Waals surface area contributed by atoms with Gasteiger partial charge in [0, 0.05) is 49.6 Å². The molecule has 0 bridgehead atoms. The van der Waals surface area contributed by atoms with Crippen LogP contribution in [-0.2, 0) is 32.2 Å². The predicted molar refractivity (Wildman–Crippen MR) is 114 cm³/mol. The number of hydrogen-bond acceptors (Lipinski definition) is 5. The molecule has 2 heterocycles. The van der Waals surface area contributed by atoms with Gasteiger partial charge in [0.1, 0.15) is 5.76 Å². The minimum absolute atomic E-state index is 0. The molecule has 0 aliphatic rings. The third-order valence-corrected chi connectivity index (χ3v) is 5.05. The summed E-state index contributed by atoms with van der Waals surface area (Å²) in [7, 11) is 1.78. The molecule has 2 N–H and O–H groups in total. The largest absolute Gasteiger partial charge is 0.361 e. The Bertz CT molecular complexity index is 646. The van der Waals surface area contributed by atoms with Crippen LogP contribution >= 0.6 is 35.3 Å². The standard InChI is InChI=1S/C17H27N5OS.HI/c1-5-12-10-20-16(24-12)8-9-19-17(18-4)21-11-13-14(6-2)22-23-15(13)7-3;/h10H,5-9,11H2,1-4H3,(H2,18,19,21);1H. The van der Waals surface area contributed by atoms with Crippen LogP contribution in [0.25, 0.3) is 0 Å². The molecule has 0 amide bonds. The Morgan fingerprint density at radius 1 is 1.20 bits per heavy atom. The number of rotatable bonds is 8. The van der Waals surface area contributed by atoms with Crippen LogP contribution < -0.4 is 10.6 Å². The summed E-state index contributed by atoms with van der Waals surface area (Å²) in [5.41, 5.74) is 2.17. The average Bonchev–Trinajstić information content (AvgIpc) is 3.23. The topological polar surface area (TPSA) is 75.3 Å². The van der Waals surface area contributed by atoms with Crippen LogP contribution in [0.2, 0.25) is 0 Å². The van der Waals surface area contributed by atoms with Crippen LogP contribution in [0.1, 0.15) is 47.7 Å². The summed E-state index contributed by atoms with van der Waals surface area (Å²) < 4.78 is 5.40. The fourth-order valence-electron chi connectivity index (χ4n) is 2.45. The summed E-state index contributed by atoms with van der Waals surface area (Å²) in [6.45, 7) is 7.80. The van der Waals surface area contributed by atoms with E-state index in [1.807, 2.05) is 6.20 Å². The number of aryl methyl sites for hydroxylation is 3. The highest BCUT2D eigenvalue weighted by Crippen LogP contribution is 2.15.